The van der Waals surface area contributed by atoms with Gasteiger partial charge in [-0.05, 0) is 46.7 Å². The molecule has 108 valence electrons. The van der Waals surface area contributed by atoms with Gasteiger partial charge in [0.1, 0.15) is 0 Å². The van der Waals surface area contributed by atoms with Crippen molar-refractivity contribution >= 4 is 51.4 Å². The number of rotatable bonds is 5. The van der Waals surface area contributed by atoms with Gasteiger partial charge < -0.3 is 11.1 Å². The van der Waals surface area contributed by atoms with Gasteiger partial charge >= 0.3 is 0 Å². The first kappa shape index (κ1) is 15.9. The monoisotopic (exact) mass is 410 g/mol. The third-order valence-corrected chi connectivity index (χ3v) is 4.30. The third-order valence-electron chi connectivity index (χ3n) is 3.07. The van der Waals surface area contributed by atoms with Crippen LogP contribution >= 0.6 is 34.8 Å². The molecule has 0 fully saturated rings. The second-order valence-corrected chi connectivity index (χ2v) is 6.25. The molecule has 2 rings (SSSR count). The number of nitrogens with one attached hydrogen (secondary N) is 1. The van der Waals surface area contributed by atoms with Crippen LogP contribution in [0.25, 0.3) is 0 Å². The Morgan fingerprint density at radius 1 is 1.14 bits per heavy atom. The Bertz CT molecular complexity index is 646. The van der Waals surface area contributed by atoms with Gasteiger partial charge in [0.15, 0.2) is 0 Å². The van der Waals surface area contributed by atoms with E-state index in [1.165, 1.54) is 0 Å². The van der Waals surface area contributed by atoms with Crippen LogP contribution in [0.1, 0.15) is 5.56 Å². The fraction of sp³-hybridized carbons (Fsp3) is 0.125. The number of anilines is 1. The fourth-order valence-corrected chi connectivity index (χ4v) is 2.67. The Balaban J connectivity index is 2.13. The molecule has 0 saturated heterocycles. The summed E-state index contributed by atoms with van der Waals surface area (Å²) >= 11 is 7.24. The second kappa shape index (κ2) is 7.51. The van der Waals surface area contributed by atoms with E-state index in [0.29, 0.717) is 6.42 Å². The quantitative estimate of drug-likeness (QED) is 0.587. The predicted molar refractivity (Wildman–Crippen MR) is 98.2 cm³/mol. The first-order valence-electron chi connectivity index (χ1n) is 6.46. The Hall–Kier alpha value is -1.47. The summed E-state index contributed by atoms with van der Waals surface area (Å²) in [5.41, 5.74) is 7.56. The van der Waals surface area contributed by atoms with Gasteiger partial charge in [-0.15, -0.1) is 0 Å². The molecule has 1 amide bonds. The van der Waals surface area contributed by atoms with Crippen LogP contribution in [0.3, 0.4) is 0 Å². The molecule has 0 aliphatic rings. The molecular weight excluding hydrogens is 395 g/mol. The summed E-state index contributed by atoms with van der Waals surface area (Å²) in [4.78, 5) is 12.6. The lowest BCUT2D eigenvalue weighted by Crippen LogP contribution is -2.35. The Labute approximate surface area is 143 Å². The zero-order chi connectivity index (χ0) is 15.2. The molecule has 2 aromatic carbocycles. The van der Waals surface area contributed by atoms with Crippen molar-refractivity contribution in [3.05, 3.63) is 63.7 Å². The van der Waals surface area contributed by atoms with Crippen molar-refractivity contribution in [2.24, 2.45) is 11.7 Å². The summed E-state index contributed by atoms with van der Waals surface area (Å²) in [6, 6.07) is 17.3. The van der Waals surface area contributed by atoms with Crippen LogP contribution in [-0.2, 0) is 11.2 Å². The van der Waals surface area contributed by atoms with Crippen molar-refractivity contribution in [2.45, 2.75) is 6.42 Å². The molecule has 0 aliphatic carbocycles. The van der Waals surface area contributed by atoms with Gasteiger partial charge in [0, 0.05) is 3.57 Å². The summed E-state index contributed by atoms with van der Waals surface area (Å²) in [6.07, 6.45) is 0.505. The largest absolute Gasteiger partial charge is 0.393 e. The fourth-order valence-electron chi connectivity index (χ4n) is 1.95. The standard InChI is InChI=1S/C16H15IN2OS/c17-13-8-4-5-9-14(13)19-16(20)12(15(18)21)10-11-6-2-1-3-7-11/h1-9,12H,10H2,(H2,18,21)(H,19,20). The number of hydrogen-bond donors (Lipinski definition) is 2. The summed E-state index contributed by atoms with van der Waals surface area (Å²) in [7, 11) is 0. The van der Waals surface area contributed by atoms with E-state index < -0.39 is 5.92 Å². The van der Waals surface area contributed by atoms with Crippen LogP contribution in [0.5, 0.6) is 0 Å². The van der Waals surface area contributed by atoms with E-state index in [1.807, 2.05) is 54.6 Å². The van der Waals surface area contributed by atoms with E-state index in [2.05, 4.69) is 27.9 Å². The van der Waals surface area contributed by atoms with Crippen molar-refractivity contribution < 1.29 is 4.79 Å². The third kappa shape index (κ3) is 4.50. The highest BCUT2D eigenvalue weighted by atomic mass is 127. The van der Waals surface area contributed by atoms with Crippen LogP contribution in [0.15, 0.2) is 54.6 Å². The van der Waals surface area contributed by atoms with Gasteiger partial charge in [0.2, 0.25) is 5.91 Å². The smallest absolute Gasteiger partial charge is 0.234 e. The van der Waals surface area contributed by atoms with Gasteiger partial charge in [-0.3, -0.25) is 4.79 Å². The molecule has 3 nitrogen and oxygen atoms in total. The van der Waals surface area contributed by atoms with E-state index in [9.17, 15) is 4.79 Å². The normalized spacial score (nSPS) is 11.7. The van der Waals surface area contributed by atoms with Crippen LogP contribution in [-0.4, -0.2) is 10.9 Å². The van der Waals surface area contributed by atoms with Gasteiger partial charge in [0.05, 0.1) is 16.6 Å². The number of thiocarbonyl (C=S) groups is 1. The Morgan fingerprint density at radius 2 is 1.76 bits per heavy atom. The van der Waals surface area contributed by atoms with E-state index in [1.54, 1.807) is 0 Å². The average Bonchev–Trinajstić information content (AvgIpc) is 2.48. The maximum atomic E-state index is 12.4. The Morgan fingerprint density at radius 3 is 2.38 bits per heavy atom. The average molecular weight is 410 g/mol. The van der Waals surface area contributed by atoms with Crippen molar-refractivity contribution in [1.29, 1.82) is 0 Å². The highest BCUT2D eigenvalue weighted by Gasteiger charge is 2.22. The number of amides is 1. The maximum Gasteiger partial charge on any atom is 0.234 e. The first-order chi connectivity index (χ1) is 10.1. The minimum atomic E-state index is -0.515. The minimum absolute atomic E-state index is 0.171. The van der Waals surface area contributed by atoms with Crippen LogP contribution in [0, 0.1) is 9.49 Å². The summed E-state index contributed by atoms with van der Waals surface area (Å²) in [5, 5.41) is 2.90. The van der Waals surface area contributed by atoms with E-state index in [-0.39, 0.29) is 10.9 Å². The Kier molecular flexibility index (Phi) is 5.69. The molecule has 0 bridgehead atoms. The molecule has 0 spiro atoms. The topological polar surface area (TPSA) is 55.1 Å². The van der Waals surface area contributed by atoms with Gasteiger partial charge in [-0.2, -0.15) is 0 Å². The molecule has 0 heterocycles. The van der Waals surface area contributed by atoms with Gasteiger partial charge in [-0.25, -0.2) is 0 Å². The van der Waals surface area contributed by atoms with E-state index in [4.69, 9.17) is 18.0 Å². The van der Waals surface area contributed by atoms with Crippen molar-refractivity contribution in [3.63, 3.8) is 0 Å². The van der Waals surface area contributed by atoms with Crippen molar-refractivity contribution in [2.75, 3.05) is 5.32 Å². The minimum Gasteiger partial charge on any atom is -0.393 e. The lowest BCUT2D eigenvalue weighted by molar-refractivity contribution is -0.118. The molecule has 3 N–H and O–H groups in total. The number of para-hydroxylation sites is 1. The summed E-state index contributed by atoms with van der Waals surface area (Å²) in [6.45, 7) is 0. The van der Waals surface area contributed by atoms with Crippen molar-refractivity contribution in [1.82, 2.24) is 0 Å². The molecule has 21 heavy (non-hydrogen) atoms. The zero-order valence-electron chi connectivity index (χ0n) is 11.3. The number of nitrogens with two attached hydrogens (primary N) is 1. The number of halogens is 1. The maximum absolute atomic E-state index is 12.4. The lowest BCUT2D eigenvalue weighted by Gasteiger charge is -2.16. The number of hydrogen-bond acceptors (Lipinski definition) is 2. The van der Waals surface area contributed by atoms with Crippen LogP contribution in [0.4, 0.5) is 5.69 Å². The molecule has 1 atom stereocenters. The molecule has 0 saturated carbocycles. The molecule has 2 aromatic rings. The highest BCUT2D eigenvalue weighted by molar-refractivity contribution is 14.1. The number of carbonyl (C=O) groups excluding carboxylic acids is 1. The molecular formula is C16H15IN2OS. The molecule has 0 radical (unpaired) electrons. The molecule has 5 heteroatoms. The molecule has 1 unspecified atom stereocenters. The van der Waals surface area contributed by atoms with E-state index >= 15 is 0 Å². The molecule has 0 aromatic heterocycles. The SMILES string of the molecule is NC(=S)C(Cc1ccccc1)C(=O)Nc1ccccc1I. The van der Waals surface area contributed by atoms with E-state index in [0.717, 1.165) is 14.8 Å². The lowest BCUT2D eigenvalue weighted by atomic mass is 9.98. The zero-order valence-corrected chi connectivity index (χ0v) is 14.2. The highest BCUT2D eigenvalue weighted by Crippen LogP contribution is 2.19. The van der Waals surface area contributed by atoms with Crippen LogP contribution in [0.2, 0.25) is 0 Å². The van der Waals surface area contributed by atoms with Crippen LogP contribution < -0.4 is 11.1 Å². The molecule has 0 aliphatic heterocycles. The summed E-state index contributed by atoms with van der Waals surface area (Å²) < 4.78 is 0.977. The number of carbonyl (C=O) groups is 1. The first-order valence-corrected chi connectivity index (χ1v) is 7.95. The van der Waals surface area contributed by atoms with Gasteiger partial charge in [-0.1, -0.05) is 54.7 Å². The van der Waals surface area contributed by atoms with Gasteiger partial charge in [0.25, 0.3) is 0 Å². The van der Waals surface area contributed by atoms with Crippen molar-refractivity contribution in [3.8, 4) is 0 Å². The summed E-state index contributed by atoms with van der Waals surface area (Å²) in [5.74, 6) is -0.686. The predicted octanol–water partition coefficient (Wildman–Crippen LogP) is 3.37. The second-order valence-electron chi connectivity index (χ2n) is 4.61. The number of benzene rings is 2.